The Hall–Kier alpha value is -1.57. The summed E-state index contributed by atoms with van der Waals surface area (Å²) in [6.45, 7) is 6.81. The molecule has 7 heteroatoms. The number of nitrogens with one attached hydrogen (secondary N) is 1. The number of hydrogen-bond donors (Lipinski definition) is 2. The Morgan fingerprint density at radius 2 is 1.92 bits per heavy atom. The zero-order valence-electron chi connectivity index (χ0n) is 14.1. The molecule has 2 rings (SSSR count). The van der Waals surface area contributed by atoms with Crippen LogP contribution in [0.2, 0.25) is 0 Å². The fourth-order valence-electron chi connectivity index (χ4n) is 1.95. The van der Waals surface area contributed by atoms with Crippen LogP contribution in [-0.2, 0) is 6.61 Å². The summed E-state index contributed by atoms with van der Waals surface area (Å²) in [5.41, 5.74) is 0.684. The zero-order chi connectivity index (χ0) is 17.5. The Labute approximate surface area is 150 Å². The van der Waals surface area contributed by atoms with Gasteiger partial charge in [-0.3, -0.25) is 0 Å². The molecule has 1 unspecified atom stereocenters. The first-order chi connectivity index (χ1) is 11.5. The van der Waals surface area contributed by atoms with Crippen molar-refractivity contribution in [2.75, 3.05) is 13.2 Å². The summed E-state index contributed by atoms with van der Waals surface area (Å²) in [6.07, 6.45) is -0.590. The number of para-hydroxylation sites is 2. The van der Waals surface area contributed by atoms with E-state index in [9.17, 15) is 5.11 Å². The molecule has 0 radical (unpaired) electrons. The quantitative estimate of drug-likeness (QED) is 0.675. The van der Waals surface area contributed by atoms with Gasteiger partial charge in [-0.1, -0.05) is 31.1 Å². The highest BCUT2D eigenvalue weighted by Crippen LogP contribution is 2.28. The lowest BCUT2D eigenvalue weighted by molar-refractivity contribution is 0.102. The number of halogens is 1. The summed E-state index contributed by atoms with van der Waals surface area (Å²) in [7, 11) is 0. The van der Waals surface area contributed by atoms with Gasteiger partial charge in [0.2, 0.25) is 0 Å². The number of aliphatic hydroxyl groups excluding tert-OH is 1. The fraction of sp³-hybridized carbons (Fsp3) is 0.471. The summed E-state index contributed by atoms with van der Waals surface area (Å²) in [4.78, 5) is 0. The van der Waals surface area contributed by atoms with E-state index in [1.807, 2.05) is 39.0 Å². The van der Waals surface area contributed by atoms with Gasteiger partial charge in [0.1, 0.15) is 30.8 Å². The van der Waals surface area contributed by atoms with Crippen molar-refractivity contribution in [3.8, 4) is 11.5 Å². The van der Waals surface area contributed by atoms with Gasteiger partial charge in [0, 0.05) is 12.6 Å². The molecule has 0 amide bonds. The van der Waals surface area contributed by atoms with Crippen LogP contribution in [0.5, 0.6) is 11.5 Å². The van der Waals surface area contributed by atoms with Gasteiger partial charge < -0.3 is 24.4 Å². The van der Waals surface area contributed by atoms with Crippen LogP contribution in [0.4, 0.5) is 0 Å². The number of ether oxygens (including phenoxy) is 2. The monoisotopic (exact) mass is 398 g/mol. The number of hydrogen-bond acceptors (Lipinski definition) is 6. The van der Waals surface area contributed by atoms with Crippen LogP contribution in [0.15, 0.2) is 33.3 Å². The molecule has 0 fully saturated rings. The molecule has 2 N–H and O–H groups in total. The number of rotatable bonds is 9. The standard InChI is InChI=1S/C17H23BrN2O4/c1-11(2)19-8-13(21)9-22-15-6-4-5-7-16(15)23-10-14-17(18)12(3)24-20-14/h4-7,11,13,19,21H,8-10H2,1-3H3. The smallest absolute Gasteiger partial charge is 0.161 e. The third-order valence-electron chi connectivity index (χ3n) is 3.26. The van der Waals surface area contributed by atoms with Crippen LogP contribution in [0, 0.1) is 6.92 Å². The van der Waals surface area contributed by atoms with Crippen molar-refractivity contribution in [1.29, 1.82) is 0 Å². The topological polar surface area (TPSA) is 76.8 Å². The predicted molar refractivity (Wildman–Crippen MR) is 94.4 cm³/mol. The van der Waals surface area contributed by atoms with Crippen LogP contribution in [0.1, 0.15) is 25.3 Å². The second kappa shape index (κ2) is 9.05. The maximum atomic E-state index is 9.94. The second-order valence-corrected chi connectivity index (χ2v) is 6.56. The van der Waals surface area contributed by atoms with E-state index in [2.05, 4.69) is 26.4 Å². The molecule has 0 aliphatic rings. The molecule has 1 aromatic heterocycles. The molecule has 0 saturated carbocycles. The second-order valence-electron chi connectivity index (χ2n) is 5.76. The number of aryl methyl sites for hydroxylation is 1. The molecular formula is C17H23BrN2O4. The zero-order valence-corrected chi connectivity index (χ0v) is 15.7. The van der Waals surface area contributed by atoms with E-state index < -0.39 is 6.10 Å². The summed E-state index contributed by atoms with van der Waals surface area (Å²) in [5.74, 6) is 1.88. The lowest BCUT2D eigenvalue weighted by atomic mass is 10.3. The van der Waals surface area contributed by atoms with E-state index >= 15 is 0 Å². The molecule has 0 spiro atoms. The minimum atomic E-state index is -0.590. The minimum absolute atomic E-state index is 0.187. The predicted octanol–water partition coefficient (Wildman–Crippen LogP) is 3.06. The maximum absolute atomic E-state index is 9.94. The van der Waals surface area contributed by atoms with Crippen molar-refractivity contribution in [2.24, 2.45) is 0 Å². The Balaban J connectivity index is 1.91. The van der Waals surface area contributed by atoms with Crippen LogP contribution in [-0.4, -0.2) is 35.6 Å². The highest BCUT2D eigenvalue weighted by Gasteiger charge is 2.13. The first-order valence-electron chi connectivity index (χ1n) is 7.84. The number of aliphatic hydroxyl groups is 1. The highest BCUT2D eigenvalue weighted by atomic mass is 79.9. The molecule has 0 bridgehead atoms. The van der Waals surface area contributed by atoms with E-state index in [0.717, 1.165) is 4.47 Å². The molecule has 1 atom stereocenters. The molecule has 132 valence electrons. The summed E-state index contributed by atoms with van der Waals surface area (Å²) in [6, 6.07) is 7.66. The summed E-state index contributed by atoms with van der Waals surface area (Å²) in [5, 5.41) is 17.0. The molecule has 24 heavy (non-hydrogen) atoms. The third kappa shape index (κ3) is 5.51. The van der Waals surface area contributed by atoms with Gasteiger partial charge in [-0.2, -0.15) is 0 Å². The van der Waals surface area contributed by atoms with E-state index in [4.69, 9.17) is 14.0 Å². The maximum Gasteiger partial charge on any atom is 0.161 e. The Morgan fingerprint density at radius 1 is 1.25 bits per heavy atom. The van der Waals surface area contributed by atoms with Gasteiger partial charge in [0.25, 0.3) is 0 Å². The van der Waals surface area contributed by atoms with Gasteiger partial charge >= 0.3 is 0 Å². The number of benzene rings is 1. The molecule has 0 aliphatic carbocycles. The summed E-state index contributed by atoms with van der Waals surface area (Å²) < 4.78 is 17.4. The van der Waals surface area contributed by atoms with E-state index in [1.54, 1.807) is 6.07 Å². The lowest BCUT2D eigenvalue weighted by Crippen LogP contribution is -2.35. The SMILES string of the molecule is Cc1onc(COc2ccccc2OCC(O)CNC(C)C)c1Br. The Morgan fingerprint density at radius 3 is 2.50 bits per heavy atom. The van der Waals surface area contributed by atoms with Crippen LogP contribution in [0.3, 0.4) is 0 Å². The third-order valence-corrected chi connectivity index (χ3v) is 4.28. The Kier molecular flexibility index (Phi) is 7.08. The number of nitrogens with zero attached hydrogens (tertiary/aromatic N) is 1. The van der Waals surface area contributed by atoms with Gasteiger partial charge in [-0.15, -0.1) is 0 Å². The van der Waals surface area contributed by atoms with Crippen molar-refractivity contribution < 1.29 is 19.1 Å². The van der Waals surface area contributed by atoms with Crippen LogP contribution in [0.25, 0.3) is 0 Å². The van der Waals surface area contributed by atoms with Crippen molar-refractivity contribution in [1.82, 2.24) is 10.5 Å². The van der Waals surface area contributed by atoms with Crippen molar-refractivity contribution in [2.45, 2.75) is 39.5 Å². The molecule has 0 aliphatic heterocycles. The molecule has 1 aromatic carbocycles. The first kappa shape index (κ1) is 18.8. The summed E-state index contributed by atoms with van der Waals surface area (Å²) >= 11 is 3.41. The Bertz CT molecular complexity index is 645. The largest absolute Gasteiger partial charge is 0.487 e. The molecule has 2 aromatic rings. The molecule has 1 heterocycles. The van der Waals surface area contributed by atoms with Gasteiger partial charge in [-0.05, 0) is 35.0 Å². The van der Waals surface area contributed by atoms with Crippen molar-refractivity contribution in [3.63, 3.8) is 0 Å². The van der Waals surface area contributed by atoms with E-state index in [-0.39, 0.29) is 13.2 Å². The van der Waals surface area contributed by atoms with Gasteiger partial charge in [-0.25, -0.2) is 0 Å². The van der Waals surface area contributed by atoms with Crippen molar-refractivity contribution >= 4 is 15.9 Å². The highest BCUT2D eigenvalue weighted by molar-refractivity contribution is 9.10. The van der Waals surface area contributed by atoms with Crippen LogP contribution >= 0.6 is 15.9 Å². The fourth-order valence-corrected chi connectivity index (χ4v) is 2.21. The van der Waals surface area contributed by atoms with E-state index in [0.29, 0.717) is 35.5 Å². The van der Waals surface area contributed by atoms with Crippen LogP contribution < -0.4 is 14.8 Å². The van der Waals surface area contributed by atoms with Crippen molar-refractivity contribution in [3.05, 3.63) is 40.2 Å². The average molecular weight is 399 g/mol. The lowest BCUT2D eigenvalue weighted by Gasteiger charge is -2.16. The van der Waals surface area contributed by atoms with Gasteiger partial charge in [0.05, 0.1) is 4.47 Å². The molecular weight excluding hydrogens is 376 g/mol. The minimum Gasteiger partial charge on any atom is -0.487 e. The first-order valence-corrected chi connectivity index (χ1v) is 8.63. The average Bonchev–Trinajstić information content (AvgIpc) is 2.88. The van der Waals surface area contributed by atoms with Gasteiger partial charge in [0.15, 0.2) is 11.5 Å². The molecule has 0 saturated heterocycles. The number of aromatic nitrogens is 1. The van der Waals surface area contributed by atoms with E-state index in [1.165, 1.54) is 0 Å². The molecule has 6 nitrogen and oxygen atoms in total. The normalized spacial score (nSPS) is 12.4.